The Morgan fingerprint density at radius 3 is 1.47 bits per heavy atom. The molecule has 12 rings (SSSR count). The molecule has 0 spiro atoms. The maximum absolute atomic E-state index is 2.67. The van der Waals surface area contributed by atoms with E-state index in [0.717, 1.165) is 17.8 Å². The molecular formula is C52H49N. The molecule has 0 saturated heterocycles. The second-order valence-corrected chi connectivity index (χ2v) is 18.5. The molecule has 0 amide bonds. The van der Waals surface area contributed by atoms with Gasteiger partial charge in [0.1, 0.15) is 0 Å². The van der Waals surface area contributed by atoms with Crippen LogP contribution in [0, 0.1) is 17.8 Å². The quantitative estimate of drug-likeness (QED) is 0.174. The fraction of sp³-hybridized carbons (Fsp3) is 0.308. The Bertz CT molecular complexity index is 2390. The van der Waals surface area contributed by atoms with Crippen LogP contribution in [0.4, 0.5) is 17.1 Å². The molecule has 262 valence electrons. The fourth-order valence-corrected chi connectivity index (χ4v) is 12.4. The zero-order valence-electron chi connectivity index (χ0n) is 31.6. The first-order valence-corrected chi connectivity index (χ1v) is 20.2. The highest BCUT2D eigenvalue weighted by Gasteiger charge is 2.52. The summed E-state index contributed by atoms with van der Waals surface area (Å²) < 4.78 is 0. The van der Waals surface area contributed by atoms with Crippen molar-refractivity contribution >= 4 is 17.1 Å². The maximum atomic E-state index is 2.67. The molecule has 1 nitrogen and oxygen atoms in total. The monoisotopic (exact) mass is 687 g/mol. The van der Waals surface area contributed by atoms with Crippen molar-refractivity contribution in [3.63, 3.8) is 0 Å². The van der Waals surface area contributed by atoms with Gasteiger partial charge in [0, 0.05) is 27.9 Å². The van der Waals surface area contributed by atoms with Gasteiger partial charge in [0.15, 0.2) is 0 Å². The van der Waals surface area contributed by atoms with Crippen LogP contribution in [0.1, 0.15) is 94.0 Å². The van der Waals surface area contributed by atoms with Gasteiger partial charge in [-0.1, -0.05) is 125 Å². The first-order valence-electron chi connectivity index (χ1n) is 20.2. The van der Waals surface area contributed by atoms with Gasteiger partial charge in [-0.15, -0.1) is 0 Å². The third-order valence-electron chi connectivity index (χ3n) is 14.6. The zero-order chi connectivity index (χ0) is 35.7. The van der Waals surface area contributed by atoms with Gasteiger partial charge in [-0.3, -0.25) is 0 Å². The minimum atomic E-state index is -0.0800. The van der Waals surface area contributed by atoms with Crippen LogP contribution in [0.15, 0.2) is 133 Å². The van der Waals surface area contributed by atoms with Gasteiger partial charge in [-0.2, -0.15) is 0 Å². The van der Waals surface area contributed by atoms with E-state index in [1.54, 1.807) is 5.56 Å². The highest BCUT2D eigenvalue weighted by Crippen LogP contribution is 2.62. The average Bonchev–Trinajstić information content (AvgIpc) is 3.54. The summed E-state index contributed by atoms with van der Waals surface area (Å²) in [6.45, 7) is 9.71. The lowest BCUT2D eigenvalue weighted by Crippen LogP contribution is -2.48. The highest BCUT2D eigenvalue weighted by atomic mass is 15.1. The number of anilines is 3. The van der Waals surface area contributed by atoms with Crippen LogP contribution in [0.5, 0.6) is 0 Å². The summed E-state index contributed by atoms with van der Waals surface area (Å²) in [7, 11) is 0. The fourth-order valence-electron chi connectivity index (χ4n) is 12.4. The van der Waals surface area contributed by atoms with Crippen molar-refractivity contribution in [1.29, 1.82) is 0 Å². The molecule has 6 aromatic carbocycles. The molecule has 6 aliphatic rings. The lowest BCUT2D eigenvalue weighted by Gasteiger charge is -2.57. The summed E-state index contributed by atoms with van der Waals surface area (Å²) >= 11 is 0. The third kappa shape index (κ3) is 4.62. The smallest absolute Gasteiger partial charge is 0.0465 e. The Labute approximate surface area is 315 Å². The van der Waals surface area contributed by atoms with E-state index in [1.165, 1.54) is 111 Å². The predicted molar refractivity (Wildman–Crippen MR) is 222 cm³/mol. The molecule has 0 N–H and O–H groups in total. The molecule has 0 aromatic heterocycles. The lowest BCUT2D eigenvalue weighted by atomic mass is 9.48. The molecule has 0 aliphatic heterocycles. The molecule has 0 unspecified atom stereocenters. The molecule has 1 heteroatoms. The average molecular weight is 688 g/mol. The number of hydrogen-bond donors (Lipinski definition) is 0. The van der Waals surface area contributed by atoms with Crippen LogP contribution >= 0.6 is 0 Å². The largest absolute Gasteiger partial charge is 0.310 e. The first kappa shape index (κ1) is 31.6. The van der Waals surface area contributed by atoms with Gasteiger partial charge in [0.05, 0.1) is 0 Å². The molecule has 4 saturated carbocycles. The van der Waals surface area contributed by atoms with Crippen LogP contribution in [0.2, 0.25) is 0 Å². The van der Waals surface area contributed by atoms with E-state index in [-0.39, 0.29) is 10.8 Å². The number of fused-ring (bicyclic) bond motifs is 6. The third-order valence-corrected chi connectivity index (χ3v) is 14.6. The SMILES string of the molecule is CC1(C)c2ccccc2-c2ccc(N(c3ccc(-c4ccccc4)cc3)c3ccc4c(c3)C(C)(C)c3cc(C56CC7CC(CC(C7)C5)C6)ccc3-4)cc21. The molecule has 6 aromatic rings. The Morgan fingerprint density at radius 2 is 0.868 bits per heavy atom. The number of nitrogens with zero attached hydrogens (tertiary/aromatic N) is 1. The maximum Gasteiger partial charge on any atom is 0.0465 e. The Hall–Kier alpha value is -4.88. The minimum absolute atomic E-state index is 0.0687. The second-order valence-electron chi connectivity index (χ2n) is 18.5. The van der Waals surface area contributed by atoms with Crippen LogP contribution in [-0.2, 0) is 16.2 Å². The molecule has 0 radical (unpaired) electrons. The Morgan fingerprint density at radius 1 is 0.415 bits per heavy atom. The van der Waals surface area contributed by atoms with Crippen molar-refractivity contribution in [2.45, 2.75) is 82.5 Å². The summed E-state index contributed by atoms with van der Waals surface area (Å²) in [6, 6.07) is 51.0. The van der Waals surface area contributed by atoms with Crippen molar-refractivity contribution in [3.8, 4) is 33.4 Å². The molecule has 6 aliphatic carbocycles. The summed E-state index contributed by atoms with van der Waals surface area (Å²) in [6.07, 6.45) is 8.71. The van der Waals surface area contributed by atoms with Crippen molar-refractivity contribution in [1.82, 2.24) is 0 Å². The zero-order valence-corrected chi connectivity index (χ0v) is 31.6. The number of rotatable bonds is 5. The van der Waals surface area contributed by atoms with Crippen molar-refractivity contribution < 1.29 is 0 Å². The molecule has 53 heavy (non-hydrogen) atoms. The topological polar surface area (TPSA) is 3.24 Å². The van der Waals surface area contributed by atoms with E-state index in [2.05, 4.69) is 166 Å². The van der Waals surface area contributed by atoms with Crippen molar-refractivity contribution in [3.05, 3.63) is 161 Å². The van der Waals surface area contributed by atoms with Gasteiger partial charge in [-0.25, -0.2) is 0 Å². The number of hydrogen-bond acceptors (Lipinski definition) is 1. The van der Waals surface area contributed by atoms with Crippen LogP contribution in [0.3, 0.4) is 0 Å². The Kier molecular flexibility index (Phi) is 6.61. The molecule has 4 bridgehead atoms. The minimum Gasteiger partial charge on any atom is -0.310 e. The summed E-state index contributed by atoms with van der Waals surface area (Å²) in [5.74, 6) is 2.86. The standard InChI is InChI=1S/C52H49N/c1-50(2)46-13-9-8-12-42(46)44-22-19-40(28-48(44)50)53(39-17-14-37(15-18-39)36-10-6-5-7-11-36)41-20-23-45-43-21-16-38(27-47(43)51(3,4)49(45)29-41)52-30-33-24-34(31-52)26-35(25-33)32-52/h5-23,27-29,33-35H,24-26,30-32H2,1-4H3. The van der Waals surface area contributed by atoms with Gasteiger partial charge in [-0.05, 0) is 159 Å². The normalized spacial score (nSPS) is 24.7. The molecular weight excluding hydrogens is 639 g/mol. The summed E-state index contributed by atoms with van der Waals surface area (Å²) in [5.41, 5.74) is 19.3. The van der Waals surface area contributed by atoms with Gasteiger partial charge >= 0.3 is 0 Å². The van der Waals surface area contributed by atoms with Gasteiger partial charge < -0.3 is 4.90 Å². The van der Waals surface area contributed by atoms with E-state index in [4.69, 9.17) is 0 Å². The summed E-state index contributed by atoms with van der Waals surface area (Å²) in [5, 5.41) is 0. The lowest BCUT2D eigenvalue weighted by molar-refractivity contribution is -0.00522. The Balaban J connectivity index is 1.02. The van der Waals surface area contributed by atoms with E-state index in [0.29, 0.717) is 5.41 Å². The van der Waals surface area contributed by atoms with Crippen LogP contribution < -0.4 is 4.90 Å². The number of benzene rings is 6. The van der Waals surface area contributed by atoms with Crippen molar-refractivity contribution in [2.24, 2.45) is 17.8 Å². The van der Waals surface area contributed by atoms with E-state index in [1.807, 2.05) is 0 Å². The molecule has 0 atom stereocenters. The van der Waals surface area contributed by atoms with E-state index in [9.17, 15) is 0 Å². The van der Waals surface area contributed by atoms with Crippen LogP contribution in [0.25, 0.3) is 33.4 Å². The first-order chi connectivity index (χ1) is 25.7. The predicted octanol–water partition coefficient (Wildman–Crippen LogP) is 13.9. The van der Waals surface area contributed by atoms with E-state index >= 15 is 0 Å². The van der Waals surface area contributed by atoms with Gasteiger partial charge in [0.25, 0.3) is 0 Å². The second kappa shape index (κ2) is 11.1. The summed E-state index contributed by atoms with van der Waals surface area (Å²) in [4.78, 5) is 2.49. The van der Waals surface area contributed by atoms with Gasteiger partial charge in [0.2, 0.25) is 0 Å². The van der Waals surface area contributed by atoms with Crippen molar-refractivity contribution in [2.75, 3.05) is 4.90 Å². The molecule has 0 heterocycles. The van der Waals surface area contributed by atoms with Crippen LogP contribution in [-0.4, -0.2) is 0 Å². The highest BCUT2D eigenvalue weighted by molar-refractivity contribution is 5.88. The molecule has 4 fully saturated rings. The van der Waals surface area contributed by atoms with E-state index < -0.39 is 0 Å².